The van der Waals surface area contributed by atoms with Gasteiger partial charge in [-0.15, -0.1) is 10.2 Å². The maximum atomic E-state index is 12.2. The van der Waals surface area contributed by atoms with Gasteiger partial charge in [0.15, 0.2) is 4.34 Å². The highest BCUT2D eigenvalue weighted by Gasteiger charge is 2.51. The van der Waals surface area contributed by atoms with E-state index in [1.807, 2.05) is 6.26 Å². The molecule has 1 aromatic heterocycles. The third kappa shape index (κ3) is 3.05. The molecule has 1 spiro atoms. The molecular weight excluding hydrogens is 352 g/mol. The van der Waals surface area contributed by atoms with Crippen LogP contribution in [0.15, 0.2) is 4.34 Å². The number of hydrogen-bond acceptors (Lipinski definition) is 7. The number of hydrogen-bond donors (Lipinski definition) is 2. The normalized spacial score (nSPS) is 19.8. The van der Waals surface area contributed by atoms with Crippen LogP contribution in [0.2, 0.25) is 0 Å². The number of amides is 5. The summed E-state index contributed by atoms with van der Waals surface area (Å²) in [6.45, 7) is 1.16. The van der Waals surface area contributed by atoms with E-state index in [1.54, 1.807) is 4.90 Å². The minimum absolute atomic E-state index is 0.198. The third-order valence-electron chi connectivity index (χ3n) is 4.28. The first-order valence-corrected chi connectivity index (χ1v) is 9.49. The third-order valence-corrected chi connectivity index (χ3v) is 6.18. The van der Waals surface area contributed by atoms with Crippen molar-refractivity contribution in [1.82, 2.24) is 30.6 Å². The van der Waals surface area contributed by atoms with Crippen molar-refractivity contribution >= 4 is 41.1 Å². The fraction of sp³-hybridized carbons (Fsp3) is 0.615. The first-order valence-electron chi connectivity index (χ1n) is 7.44. The minimum Gasteiger partial charge on any atom is -0.331 e. The molecule has 2 saturated heterocycles. The van der Waals surface area contributed by atoms with Crippen molar-refractivity contribution in [3.05, 3.63) is 5.01 Å². The molecular formula is C13H18N6O3S2. The van der Waals surface area contributed by atoms with Crippen molar-refractivity contribution < 1.29 is 14.4 Å². The number of likely N-dealkylation sites (tertiary alicyclic amines) is 1. The summed E-state index contributed by atoms with van der Waals surface area (Å²) in [6, 6.07) is -0.574. The Morgan fingerprint density at radius 2 is 2.08 bits per heavy atom. The largest absolute Gasteiger partial charge is 0.331 e. The summed E-state index contributed by atoms with van der Waals surface area (Å²) in [4.78, 5) is 38.9. The molecule has 0 atom stereocenters. The predicted octanol–water partition coefficient (Wildman–Crippen LogP) is 0.486. The number of nitrogens with zero attached hydrogens (tertiary/aromatic N) is 4. The zero-order chi connectivity index (χ0) is 17.3. The topological polar surface area (TPSA) is 108 Å². The van der Waals surface area contributed by atoms with Gasteiger partial charge in [-0.2, -0.15) is 0 Å². The lowest BCUT2D eigenvalue weighted by Gasteiger charge is -2.37. The molecule has 0 unspecified atom stereocenters. The second kappa shape index (κ2) is 6.55. The molecule has 0 bridgehead atoms. The Morgan fingerprint density at radius 1 is 1.38 bits per heavy atom. The Balaban J connectivity index is 1.52. The molecule has 2 aliphatic rings. The average molecular weight is 370 g/mol. The van der Waals surface area contributed by atoms with Crippen LogP contribution in [-0.2, 0) is 11.3 Å². The van der Waals surface area contributed by atoms with Crippen molar-refractivity contribution in [2.45, 2.75) is 29.3 Å². The van der Waals surface area contributed by atoms with Crippen LogP contribution in [0.4, 0.5) is 9.59 Å². The molecule has 0 aliphatic carbocycles. The molecule has 0 saturated carbocycles. The molecule has 2 fully saturated rings. The fourth-order valence-electron chi connectivity index (χ4n) is 2.84. The fourth-order valence-corrected chi connectivity index (χ4v) is 4.09. The number of thioether (sulfide) groups is 1. The molecule has 3 heterocycles. The Kier molecular flexibility index (Phi) is 4.63. The highest BCUT2D eigenvalue weighted by Crippen LogP contribution is 2.28. The van der Waals surface area contributed by atoms with E-state index in [-0.39, 0.29) is 18.0 Å². The number of aromatic nitrogens is 2. The van der Waals surface area contributed by atoms with Crippen LogP contribution in [0.25, 0.3) is 0 Å². The molecule has 24 heavy (non-hydrogen) atoms. The second-order valence-corrected chi connectivity index (χ2v) is 7.80. The van der Waals surface area contributed by atoms with Crippen molar-refractivity contribution in [2.24, 2.45) is 0 Å². The monoisotopic (exact) mass is 370 g/mol. The lowest BCUT2D eigenvalue weighted by Crippen LogP contribution is -2.57. The number of likely N-dealkylation sites (N-methyl/N-ethyl adjacent to an activating group) is 1. The summed E-state index contributed by atoms with van der Waals surface area (Å²) in [5.41, 5.74) is -0.852. The molecule has 2 N–H and O–H groups in total. The van der Waals surface area contributed by atoms with E-state index in [1.165, 1.54) is 30.1 Å². The number of nitrogens with one attached hydrogen (secondary N) is 2. The van der Waals surface area contributed by atoms with Crippen LogP contribution in [0, 0.1) is 0 Å². The average Bonchev–Trinajstić information content (AvgIpc) is 3.13. The summed E-state index contributed by atoms with van der Waals surface area (Å²) in [6.07, 6.45) is 2.77. The SMILES string of the molecule is CSc1nnc(CNC(=O)N2CCC3(CC2)NC(=O)N(C)C3=O)s1. The van der Waals surface area contributed by atoms with Gasteiger partial charge in [0, 0.05) is 20.1 Å². The number of rotatable bonds is 3. The summed E-state index contributed by atoms with van der Waals surface area (Å²) in [5.74, 6) is -0.217. The van der Waals surface area contributed by atoms with Gasteiger partial charge in [-0.1, -0.05) is 23.1 Å². The smallest absolute Gasteiger partial charge is 0.324 e. The van der Waals surface area contributed by atoms with Gasteiger partial charge in [-0.3, -0.25) is 9.69 Å². The number of imide groups is 1. The van der Waals surface area contributed by atoms with Crippen molar-refractivity contribution in [2.75, 3.05) is 26.4 Å². The van der Waals surface area contributed by atoms with Crippen LogP contribution in [0.5, 0.6) is 0 Å². The Hall–Kier alpha value is -1.88. The Bertz CT molecular complexity index is 670. The van der Waals surface area contributed by atoms with Gasteiger partial charge >= 0.3 is 12.1 Å². The van der Waals surface area contributed by atoms with Gasteiger partial charge in [0.25, 0.3) is 5.91 Å². The zero-order valence-electron chi connectivity index (χ0n) is 13.4. The highest BCUT2D eigenvalue weighted by molar-refractivity contribution is 8.00. The molecule has 1 aromatic rings. The van der Waals surface area contributed by atoms with Crippen molar-refractivity contribution in [3.63, 3.8) is 0 Å². The first kappa shape index (κ1) is 17.0. The van der Waals surface area contributed by atoms with Gasteiger partial charge in [0.1, 0.15) is 10.5 Å². The van der Waals surface area contributed by atoms with Crippen LogP contribution in [0.1, 0.15) is 17.8 Å². The van der Waals surface area contributed by atoms with Gasteiger partial charge in [0.2, 0.25) is 0 Å². The van der Waals surface area contributed by atoms with E-state index in [2.05, 4.69) is 20.8 Å². The van der Waals surface area contributed by atoms with Gasteiger partial charge < -0.3 is 15.5 Å². The molecule has 5 amide bonds. The standard InChI is InChI=1S/C13H18N6O3S2/c1-18-9(20)13(15-11(18)22)3-5-19(6-4-13)10(21)14-7-8-16-17-12(23-2)24-8/h3-7H2,1-2H3,(H,14,21)(H,15,22). The van der Waals surface area contributed by atoms with Gasteiger partial charge in [-0.25, -0.2) is 9.59 Å². The van der Waals surface area contributed by atoms with Crippen molar-refractivity contribution in [3.8, 4) is 0 Å². The summed E-state index contributed by atoms with van der Waals surface area (Å²) >= 11 is 2.96. The van der Waals surface area contributed by atoms with Crippen LogP contribution < -0.4 is 10.6 Å². The van der Waals surface area contributed by atoms with E-state index in [0.29, 0.717) is 32.5 Å². The molecule has 3 rings (SSSR count). The number of carbonyl (C=O) groups excluding carboxylic acids is 3. The number of carbonyl (C=O) groups is 3. The zero-order valence-corrected chi connectivity index (χ0v) is 15.0. The minimum atomic E-state index is -0.852. The summed E-state index contributed by atoms with van der Waals surface area (Å²) in [5, 5.41) is 14.3. The first-order chi connectivity index (χ1) is 11.4. The van der Waals surface area contributed by atoms with Gasteiger partial charge in [0.05, 0.1) is 6.54 Å². The predicted molar refractivity (Wildman–Crippen MR) is 88.8 cm³/mol. The van der Waals surface area contributed by atoms with Gasteiger partial charge in [-0.05, 0) is 19.1 Å². The van der Waals surface area contributed by atoms with E-state index in [9.17, 15) is 14.4 Å². The molecule has 0 aromatic carbocycles. The maximum Gasteiger partial charge on any atom is 0.324 e. The van der Waals surface area contributed by atoms with Crippen LogP contribution in [0.3, 0.4) is 0 Å². The van der Waals surface area contributed by atoms with E-state index in [0.717, 1.165) is 14.2 Å². The molecule has 11 heteroatoms. The van der Waals surface area contributed by atoms with E-state index in [4.69, 9.17) is 0 Å². The molecule has 130 valence electrons. The van der Waals surface area contributed by atoms with Crippen molar-refractivity contribution in [1.29, 1.82) is 0 Å². The second-order valence-electron chi connectivity index (χ2n) is 5.69. The number of urea groups is 2. The number of piperidine rings is 1. The molecule has 0 radical (unpaired) electrons. The highest BCUT2D eigenvalue weighted by atomic mass is 32.2. The molecule has 9 nitrogen and oxygen atoms in total. The van der Waals surface area contributed by atoms with E-state index >= 15 is 0 Å². The summed E-state index contributed by atoms with van der Waals surface area (Å²) < 4.78 is 0.860. The van der Waals surface area contributed by atoms with E-state index < -0.39 is 5.54 Å². The lowest BCUT2D eigenvalue weighted by atomic mass is 9.87. The quantitative estimate of drug-likeness (QED) is 0.592. The molecule has 2 aliphatic heterocycles. The lowest BCUT2D eigenvalue weighted by molar-refractivity contribution is -0.131. The Morgan fingerprint density at radius 3 is 2.62 bits per heavy atom. The maximum absolute atomic E-state index is 12.2. The van der Waals surface area contributed by atoms with Crippen LogP contribution >= 0.6 is 23.1 Å². The van der Waals surface area contributed by atoms with Crippen LogP contribution in [-0.4, -0.2) is 69.9 Å². The summed E-state index contributed by atoms with van der Waals surface area (Å²) in [7, 11) is 1.47. The Labute approximate surface area is 147 Å².